The van der Waals surface area contributed by atoms with E-state index in [1.54, 1.807) is 11.3 Å². The minimum atomic E-state index is 0.0937. The van der Waals surface area contributed by atoms with Crippen LogP contribution in [0.2, 0.25) is 0 Å². The number of thiazole rings is 1. The van der Waals surface area contributed by atoms with E-state index in [2.05, 4.69) is 31.1 Å². The Labute approximate surface area is 130 Å². The van der Waals surface area contributed by atoms with E-state index in [9.17, 15) is 0 Å². The number of aromatic nitrogens is 1. The van der Waals surface area contributed by atoms with Gasteiger partial charge in [0.25, 0.3) is 0 Å². The third kappa shape index (κ3) is 3.82. The summed E-state index contributed by atoms with van der Waals surface area (Å²) in [6.07, 6.45) is 0. The van der Waals surface area contributed by atoms with E-state index in [4.69, 9.17) is 16.1 Å². The highest BCUT2D eigenvalue weighted by Crippen LogP contribution is 2.25. The van der Waals surface area contributed by atoms with Gasteiger partial charge in [-0.2, -0.15) is 0 Å². The van der Waals surface area contributed by atoms with Crippen LogP contribution in [0.25, 0.3) is 0 Å². The van der Waals surface area contributed by atoms with Crippen molar-refractivity contribution in [3.63, 3.8) is 0 Å². The van der Waals surface area contributed by atoms with Gasteiger partial charge in [0, 0.05) is 29.1 Å². The lowest BCUT2D eigenvalue weighted by Gasteiger charge is -2.18. The number of rotatable bonds is 4. The lowest BCUT2D eigenvalue weighted by molar-refractivity contribution is 0.570. The van der Waals surface area contributed by atoms with Gasteiger partial charge in [0.15, 0.2) is 0 Å². The first-order chi connectivity index (χ1) is 9.77. The molecule has 21 heavy (non-hydrogen) atoms. The molecule has 0 radical (unpaired) electrons. The second-order valence-corrected chi connectivity index (χ2v) is 7.14. The molecule has 3 N–H and O–H groups in total. The van der Waals surface area contributed by atoms with Gasteiger partial charge in [0.1, 0.15) is 10.8 Å². The second-order valence-electron chi connectivity index (χ2n) is 6.19. The summed E-state index contributed by atoms with van der Waals surface area (Å²) < 4.78 is 0. The SMILES string of the molecule is CN(Cc1nc(C(C)(C)C)cs1)c1ccc(C(=N)N)cc1. The van der Waals surface area contributed by atoms with E-state index in [0.29, 0.717) is 0 Å². The van der Waals surface area contributed by atoms with Crippen molar-refractivity contribution >= 4 is 22.9 Å². The van der Waals surface area contributed by atoms with Crippen LogP contribution in [-0.4, -0.2) is 17.9 Å². The third-order valence-electron chi connectivity index (χ3n) is 3.31. The fourth-order valence-electron chi connectivity index (χ4n) is 1.92. The fourth-order valence-corrected chi connectivity index (χ4v) is 2.99. The Morgan fingerprint density at radius 1 is 1.29 bits per heavy atom. The van der Waals surface area contributed by atoms with Crippen molar-refractivity contribution in [1.82, 2.24) is 4.98 Å². The van der Waals surface area contributed by atoms with Gasteiger partial charge in [0.05, 0.1) is 12.2 Å². The molecular formula is C16H22N4S. The molecule has 0 bridgehead atoms. The monoisotopic (exact) mass is 302 g/mol. The lowest BCUT2D eigenvalue weighted by atomic mass is 9.93. The maximum absolute atomic E-state index is 7.41. The molecule has 2 rings (SSSR count). The summed E-state index contributed by atoms with van der Waals surface area (Å²) in [4.78, 5) is 6.86. The molecule has 0 amide bonds. The number of hydrogen-bond donors (Lipinski definition) is 2. The number of anilines is 1. The van der Waals surface area contributed by atoms with Gasteiger partial charge >= 0.3 is 0 Å². The van der Waals surface area contributed by atoms with E-state index in [-0.39, 0.29) is 11.3 Å². The minimum absolute atomic E-state index is 0.0937. The highest BCUT2D eigenvalue weighted by Gasteiger charge is 2.17. The van der Waals surface area contributed by atoms with Crippen LogP contribution in [0.4, 0.5) is 5.69 Å². The summed E-state index contributed by atoms with van der Waals surface area (Å²) in [5.74, 6) is 0.0962. The Morgan fingerprint density at radius 3 is 2.38 bits per heavy atom. The average molecular weight is 302 g/mol. The molecule has 2 aromatic rings. The van der Waals surface area contributed by atoms with Crippen molar-refractivity contribution in [1.29, 1.82) is 5.41 Å². The molecule has 0 aliphatic heterocycles. The number of nitrogens with two attached hydrogens (primary N) is 1. The molecule has 112 valence electrons. The van der Waals surface area contributed by atoms with Crippen molar-refractivity contribution < 1.29 is 0 Å². The number of hydrogen-bond acceptors (Lipinski definition) is 4. The van der Waals surface area contributed by atoms with Crippen LogP contribution in [0.5, 0.6) is 0 Å². The molecule has 0 spiro atoms. The molecule has 1 heterocycles. The van der Waals surface area contributed by atoms with Crippen LogP contribution >= 0.6 is 11.3 Å². The Bertz CT molecular complexity index is 622. The number of nitrogens with zero attached hydrogens (tertiary/aromatic N) is 2. The van der Waals surface area contributed by atoms with Gasteiger partial charge in [-0.1, -0.05) is 20.8 Å². The van der Waals surface area contributed by atoms with Crippen molar-refractivity contribution in [3.8, 4) is 0 Å². The maximum atomic E-state index is 7.41. The third-order valence-corrected chi connectivity index (χ3v) is 4.15. The van der Waals surface area contributed by atoms with Gasteiger partial charge < -0.3 is 10.6 Å². The molecule has 0 saturated carbocycles. The van der Waals surface area contributed by atoms with Crippen LogP contribution < -0.4 is 10.6 Å². The van der Waals surface area contributed by atoms with Crippen LogP contribution in [0.3, 0.4) is 0 Å². The fraction of sp³-hybridized carbons (Fsp3) is 0.375. The molecule has 0 saturated heterocycles. The standard InChI is InChI=1S/C16H22N4S/c1-16(2,3)13-10-21-14(19-13)9-20(4)12-7-5-11(6-8-12)15(17)18/h5-8,10H,9H2,1-4H3,(H3,17,18). The van der Waals surface area contributed by atoms with Crippen molar-refractivity contribution in [3.05, 3.63) is 45.9 Å². The maximum Gasteiger partial charge on any atom is 0.122 e. The molecule has 4 nitrogen and oxygen atoms in total. The largest absolute Gasteiger partial charge is 0.384 e. The van der Waals surface area contributed by atoms with E-state index in [1.165, 1.54) is 0 Å². The number of nitrogens with one attached hydrogen (secondary N) is 1. The zero-order chi connectivity index (χ0) is 15.6. The van der Waals surface area contributed by atoms with E-state index in [1.807, 2.05) is 31.3 Å². The van der Waals surface area contributed by atoms with Gasteiger partial charge in [-0.15, -0.1) is 11.3 Å². The van der Waals surface area contributed by atoms with Crippen LogP contribution in [0.15, 0.2) is 29.6 Å². The van der Waals surface area contributed by atoms with Gasteiger partial charge in [-0.3, -0.25) is 5.41 Å². The number of amidine groups is 1. The predicted molar refractivity (Wildman–Crippen MR) is 90.4 cm³/mol. The highest BCUT2D eigenvalue weighted by molar-refractivity contribution is 7.09. The number of benzene rings is 1. The highest BCUT2D eigenvalue weighted by atomic mass is 32.1. The average Bonchev–Trinajstić information content (AvgIpc) is 2.87. The van der Waals surface area contributed by atoms with E-state index in [0.717, 1.165) is 28.5 Å². The predicted octanol–water partition coefficient (Wildman–Crippen LogP) is 3.36. The van der Waals surface area contributed by atoms with E-state index >= 15 is 0 Å². The molecule has 0 atom stereocenters. The lowest BCUT2D eigenvalue weighted by Crippen LogP contribution is -2.18. The Balaban J connectivity index is 2.09. The minimum Gasteiger partial charge on any atom is -0.384 e. The first-order valence-corrected chi connectivity index (χ1v) is 7.76. The quantitative estimate of drug-likeness (QED) is 0.672. The molecule has 0 aliphatic carbocycles. The zero-order valence-electron chi connectivity index (χ0n) is 13.0. The Hall–Kier alpha value is -1.88. The molecule has 0 fully saturated rings. The summed E-state index contributed by atoms with van der Waals surface area (Å²) >= 11 is 1.70. The number of nitrogen functional groups attached to an aromatic ring is 1. The molecule has 0 unspecified atom stereocenters. The topological polar surface area (TPSA) is 66.0 Å². The first-order valence-electron chi connectivity index (χ1n) is 6.88. The molecule has 5 heteroatoms. The van der Waals surface area contributed by atoms with Crippen LogP contribution in [0.1, 0.15) is 37.0 Å². The second kappa shape index (κ2) is 5.85. The van der Waals surface area contributed by atoms with Crippen molar-refractivity contribution in [2.45, 2.75) is 32.7 Å². The van der Waals surface area contributed by atoms with Gasteiger partial charge in [0.2, 0.25) is 0 Å². The summed E-state index contributed by atoms with van der Waals surface area (Å²) in [7, 11) is 2.04. The van der Waals surface area contributed by atoms with E-state index < -0.39 is 0 Å². The smallest absolute Gasteiger partial charge is 0.122 e. The molecule has 0 aliphatic rings. The molecule has 1 aromatic carbocycles. The van der Waals surface area contributed by atoms with Crippen LogP contribution in [-0.2, 0) is 12.0 Å². The summed E-state index contributed by atoms with van der Waals surface area (Å²) in [5.41, 5.74) is 8.54. The first kappa shape index (κ1) is 15.5. The Morgan fingerprint density at radius 2 is 1.90 bits per heavy atom. The zero-order valence-corrected chi connectivity index (χ0v) is 13.8. The summed E-state index contributed by atoms with van der Waals surface area (Å²) in [5, 5.41) is 10.7. The molecule has 1 aromatic heterocycles. The molecular weight excluding hydrogens is 280 g/mol. The summed E-state index contributed by atoms with van der Waals surface area (Å²) in [6.45, 7) is 7.31. The van der Waals surface area contributed by atoms with Crippen molar-refractivity contribution in [2.75, 3.05) is 11.9 Å². The van der Waals surface area contributed by atoms with Crippen molar-refractivity contribution in [2.24, 2.45) is 5.73 Å². The normalized spacial score (nSPS) is 11.4. The van der Waals surface area contributed by atoms with Gasteiger partial charge in [-0.25, -0.2) is 4.98 Å². The summed E-state index contributed by atoms with van der Waals surface area (Å²) in [6, 6.07) is 7.71. The van der Waals surface area contributed by atoms with Gasteiger partial charge in [-0.05, 0) is 24.3 Å². The Kier molecular flexibility index (Phi) is 4.32. The van der Waals surface area contributed by atoms with Crippen LogP contribution in [0, 0.1) is 5.41 Å².